The average molecular weight is 298 g/mol. The van der Waals surface area contributed by atoms with Gasteiger partial charge in [-0.15, -0.1) is 11.3 Å². The van der Waals surface area contributed by atoms with Gasteiger partial charge in [0.15, 0.2) is 0 Å². The van der Waals surface area contributed by atoms with Crippen molar-refractivity contribution in [1.82, 2.24) is 20.5 Å². The number of thiophene rings is 1. The molecular formula is C16H18N4S. The number of hydrogen-bond acceptors (Lipinski definition) is 4. The van der Waals surface area contributed by atoms with Crippen molar-refractivity contribution in [2.24, 2.45) is 0 Å². The van der Waals surface area contributed by atoms with Gasteiger partial charge in [0.1, 0.15) is 0 Å². The SMILES string of the molecule is CCc1ccsc1CNCc1cn[nH]c1-c1cccnc1. The zero-order chi connectivity index (χ0) is 14.5. The predicted molar refractivity (Wildman–Crippen MR) is 86.1 cm³/mol. The highest BCUT2D eigenvalue weighted by atomic mass is 32.1. The molecule has 0 saturated carbocycles. The second-order valence-corrected chi connectivity index (χ2v) is 5.84. The summed E-state index contributed by atoms with van der Waals surface area (Å²) in [7, 11) is 0. The van der Waals surface area contributed by atoms with Crippen molar-refractivity contribution >= 4 is 11.3 Å². The van der Waals surface area contributed by atoms with Gasteiger partial charge < -0.3 is 5.32 Å². The van der Waals surface area contributed by atoms with Crippen LogP contribution in [0.25, 0.3) is 11.3 Å². The number of aryl methyl sites for hydroxylation is 1. The van der Waals surface area contributed by atoms with Gasteiger partial charge in [0.2, 0.25) is 0 Å². The molecule has 4 nitrogen and oxygen atoms in total. The van der Waals surface area contributed by atoms with E-state index in [1.54, 1.807) is 6.20 Å². The summed E-state index contributed by atoms with van der Waals surface area (Å²) in [4.78, 5) is 5.58. The molecule has 21 heavy (non-hydrogen) atoms. The van der Waals surface area contributed by atoms with Crippen LogP contribution in [-0.4, -0.2) is 15.2 Å². The summed E-state index contributed by atoms with van der Waals surface area (Å²) in [6.07, 6.45) is 6.60. The van der Waals surface area contributed by atoms with Crippen molar-refractivity contribution in [3.63, 3.8) is 0 Å². The third-order valence-electron chi connectivity index (χ3n) is 3.49. The molecule has 0 saturated heterocycles. The van der Waals surface area contributed by atoms with E-state index in [0.717, 1.165) is 36.3 Å². The fraction of sp³-hybridized carbons (Fsp3) is 0.250. The van der Waals surface area contributed by atoms with E-state index >= 15 is 0 Å². The monoisotopic (exact) mass is 298 g/mol. The first-order valence-electron chi connectivity index (χ1n) is 7.07. The van der Waals surface area contributed by atoms with Gasteiger partial charge in [-0.1, -0.05) is 6.92 Å². The molecule has 0 aliphatic heterocycles. The molecule has 5 heteroatoms. The lowest BCUT2D eigenvalue weighted by atomic mass is 10.1. The van der Waals surface area contributed by atoms with Gasteiger partial charge in [-0.2, -0.15) is 5.10 Å². The van der Waals surface area contributed by atoms with E-state index in [1.807, 2.05) is 35.9 Å². The second-order valence-electron chi connectivity index (χ2n) is 4.84. The molecule has 0 radical (unpaired) electrons. The molecule has 0 atom stereocenters. The molecule has 0 aliphatic carbocycles. The third kappa shape index (κ3) is 3.20. The van der Waals surface area contributed by atoms with Crippen molar-refractivity contribution in [2.45, 2.75) is 26.4 Å². The number of aromatic nitrogens is 3. The van der Waals surface area contributed by atoms with Crippen LogP contribution in [0.3, 0.4) is 0 Å². The van der Waals surface area contributed by atoms with Crippen molar-refractivity contribution in [3.8, 4) is 11.3 Å². The van der Waals surface area contributed by atoms with Crippen LogP contribution >= 0.6 is 11.3 Å². The molecule has 108 valence electrons. The Labute approximate surface area is 128 Å². The van der Waals surface area contributed by atoms with Crippen LogP contribution in [-0.2, 0) is 19.5 Å². The second kappa shape index (κ2) is 6.65. The third-order valence-corrected chi connectivity index (χ3v) is 4.45. The molecule has 2 N–H and O–H groups in total. The Morgan fingerprint density at radius 3 is 2.95 bits per heavy atom. The summed E-state index contributed by atoms with van der Waals surface area (Å²) in [5.41, 5.74) is 4.71. The number of hydrogen-bond donors (Lipinski definition) is 2. The molecule has 3 rings (SSSR count). The highest BCUT2D eigenvalue weighted by molar-refractivity contribution is 7.10. The number of rotatable bonds is 6. The Morgan fingerprint density at radius 1 is 1.19 bits per heavy atom. The summed E-state index contributed by atoms with van der Waals surface area (Å²) in [5.74, 6) is 0. The molecule has 0 bridgehead atoms. The lowest BCUT2D eigenvalue weighted by molar-refractivity contribution is 0.698. The molecule has 0 spiro atoms. The summed E-state index contributed by atoms with van der Waals surface area (Å²) in [6.45, 7) is 3.89. The van der Waals surface area contributed by atoms with E-state index in [4.69, 9.17) is 0 Å². The molecule has 3 aromatic heterocycles. The summed E-state index contributed by atoms with van der Waals surface area (Å²) >= 11 is 1.82. The maximum atomic E-state index is 4.16. The minimum atomic E-state index is 0.793. The summed E-state index contributed by atoms with van der Waals surface area (Å²) in [6, 6.07) is 6.19. The van der Waals surface area contributed by atoms with Crippen LogP contribution in [0.5, 0.6) is 0 Å². The normalized spacial score (nSPS) is 10.9. The molecule has 3 heterocycles. The first-order valence-corrected chi connectivity index (χ1v) is 7.95. The van der Waals surface area contributed by atoms with E-state index in [9.17, 15) is 0 Å². The van der Waals surface area contributed by atoms with Gasteiger partial charge in [-0.3, -0.25) is 10.1 Å². The van der Waals surface area contributed by atoms with E-state index in [2.05, 4.69) is 38.9 Å². The van der Waals surface area contributed by atoms with Crippen molar-refractivity contribution < 1.29 is 0 Å². The zero-order valence-corrected chi connectivity index (χ0v) is 12.8. The van der Waals surface area contributed by atoms with Gasteiger partial charge in [0, 0.05) is 41.5 Å². The summed E-state index contributed by atoms with van der Waals surface area (Å²) in [5, 5.41) is 12.9. The molecule has 3 aromatic rings. The predicted octanol–water partition coefficient (Wildman–Crippen LogP) is 3.39. The maximum Gasteiger partial charge on any atom is 0.0710 e. The first-order chi connectivity index (χ1) is 10.4. The fourth-order valence-electron chi connectivity index (χ4n) is 2.35. The van der Waals surface area contributed by atoms with Gasteiger partial charge in [0.05, 0.1) is 11.9 Å². The van der Waals surface area contributed by atoms with Crippen LogP contribution in [0.1, 0.15) is 22.9 Å². The number of H-pyrrole nitrogens is 1. The van der Waals surface area contributed by atoms with Crippen molar-refractivity contribution in [1.29, 1.82) is 0 Å². The van der Waals surface area contributed by atoms with Crippen LogP contribution in [0.2, 0.25) is 0 Å². The minimum Gasteiger partial charge on any atom is -0.308 e. The Morgan fingerprint density at radius 2 is 2.14 bits per heavy atom. The van der Waals surface area contributed by atoms with Gasteiger partial charge in [-0.25, -0.2) is 0 Å². The molecular weight excluding hydrogens is 280 g/mol. The van der Waals surface area contributed by atoms with Gasteiger partial charge >= 0.3 is 0 Å². The Hall–Kier alpha value is -1.98. The minimum absolute atomic E-state index is 0.793. The van der Waals surface area contributed by atoms with E-state index in [-0.39, 0.29) is 0 Å². The van der Waals surface area contributed by atoms with Crippen LogP contribution in [0, 0.1) is 0 Å². The van der Waals surface area contributed by atoms with Gasteiger partial charge in [0.25, 0.3) is 0 Å². The fourth-order valence-corrected chi connectivity index (χ4v) is 3.30. The lowest BCUT2D eigenvalue weighted by Gasteiger charge is -2.06. The average Bonchev–Trinajstić information content (AvgIpc) is 3.17. The van der Waals surface area contributed by atoms with E-state index < -0.39 is 0 Å². The molecule has 0 amide bonds. The van der Waals surface area contributed by atoms with Crippen LogP contribution in [0.4, 0.5) is 0 Å². The number of aromatic amines is 1. The number of pyridine rings is 1. The highest BCUT2D eigenvalue weighted by Gasteiger charge is 2.08. The smallest absolute Gasteiger partial charge is 0.0710 e. The highest BCUT2D eigenvalue weighted by Crippen LogP contribution is 2.20. The first kappa shape index (κ1) is 14.0. The number of nitrogens with one attached hydrogen (secondary N) is 2. The standard InChI is InChI=1S/C16H18N4S/c1-2-12-5-7-21-15(12)11-18-9-14-10-19-20-16(14)13-4-3-6-17-8-13/h3-8,10,18H,2,9,11H2,1H3,(H,19,20). The van der Waals surface area contributed by atoms with E-state index in [0.29, 0.717) is 0 Å². The summed E-state index contributed by atoms with van der Waals surface area (Å²) < 4.78 is 0. The topological polar surface area (TPSA) is 53.6 Å². The zero-order valence-electron chi connectivity index (χ0n) is 12.0. The Kier molecular flexibility index (Phi) is 4.43. The maximum absolute atomic E-state index is 4.16. The molecule has 0 unspecified atom stereocenters. The van der Waals surface area contributed by atoms with Crippen LogP contribution in [0.15, 0.2) is 42.2 Å². The lowest BCUT2D eigenvalue weighted by Crippen LogP contribution is -2.12. The quantitative estimate of drug-likeness (QED) is 0.733. The van der Waals surface area contributed by atoms with Crippen LogP contribution < -0.4 is 5.32 Å². The van der Waals surface area contributed by atoms with Crippen molar-refractivity contribution in [3.05, 3.63) is 58.2 Å². The van der Waals surface area contributed by atoms with E-state index in [1.165, 1.54) is 10.4 Å². The molecule has 0 fully saturated rings. The molecule has 0 aromatic carbocycles. The Balaban J connectivity index is 1.66. The molecule has 0 aliphatic rings. The van der Waals surface area contributed by atoms with Crippen molar-refractivity contribution in [2.75, 3.05) is 0 Å². The Bertz CT molecular complexity index is 687. The number of nitrogens with zero attached hydrogens (tertiary/aromatic N) is 2. The largest absolute Gasteiger partial charge is 0.308 e. The van der Waals surface area contributed by atoms with Gasteiger partial charge in [-0.05, 0) is 35.6 Å².